The molecule has 1 aliphatic heterocycles. The number of piperidine rings is 1. The van der Waals surface area contributed by atoms with Gasteiger partial charge >= 0.3 is 0 Å². The maximum atomic E-state index is 12.3. The van der Waals surface area contributed by atoms with Crippen molar-refractivity contribution in [3.63, 3.8) is 0 Å². The lowest BCUT2D eigenvalue weighted by molar-refractivity contribution is -0.135. The van der Waals surface area contributed by atoms with Crippen LogP contribution in [-0.4, -0.2) is 29.8 Å². The number of hydrogen-bond acceptors (Lipinski definition) is 2. The average Bonchev–Trinajstić information content (AvgIpc) is 2.49. The Bertz CT molecular complexity index is 520. The number of anilines is 1. The van der Waals surface area contributed by atoms with Crippen LogP contribution < -0.4 is 5.32 Å². The fourth-order valence-corrected chi connectivity index (χ4v) is 2.77. The van der Waals surface area contributed by atoms with E-state index in [-0.39, 0.29) is 17.7 Å². The standard InChI is InChI=1S/C17H23ClN2O2/c1-12(2)11-16(21)20-9-7-13(8-10-20)17(22)19-15-5-3-14(18)4-6-15/h3-6,12-13H,7-11H2,1-2H3,(H,19,22). The van der Waals surface area contributed by atoms with Crippen molar-refractivity contribution in [3.05, 3.63) is 29.3 Å². The number of carbonyl (C=O) groups excluding carboxylic acids is 2. The molecule has 0 spiro atoms. The van der Waals surface area contributed by atoms with E-state index >= 15 is 0 Å². The van der Waals surface area contributed by atoms with E-state index in [1.165, 1.54) is 0 Å². The Morgan fingerprint density at radius 2 is 1.82 bits per heavy atom. The van der Waals surface area contributed by atoms with Crippen LogP contribution in [0.5, 0.6) is 0 Å². The minimum Gasteiger partial charge on any atom is -0.343 e. The summed E-state index contributed by atoms with van der Waals surface area (Å²) in [5.74, 6) is 0.571. The van der Waals surface area contributed by atoms with Crippen molar-refractivity contribution in [2.75, 3.05) is 18.4 Å². The average molecular weight is 323 g/mol. The molecule has 0 aliphatic carbocycles. The van der Waals surface area contributed by atoms with E-state index in [4.69, 9.17) is 11.6 Å². The number of nitrogens with one attached hydrogen (secondary N) is 1. The molecule has 4 nitrogen and oxygen atoms in total. The molecule has 0 radical (unpaired) electrons. The van der Waals surface area contributed by atoms with E-state index in [1.54, 1.807) is 24.3 Å². The summed E-state index contributed by atoms with van der Waals surface area (Å²) in [5, 5.41) is 3.56. The molecule has 1 fully saturated rings. The first-order valence-corrected chi connectivity index (χ1v) is 8.17. The van der Waals surface area contributed by atoms with Crippen molar-refractivity contribution in [3.8, 4) is 0 Å². The highest BCUT2D eigenvalue weighted by Crippen LogP contribution is 2.21. The highest BCUT2D eigenvalue weighted by molar-refractivity contribution is 6.30. The van der Waals surface area contributed by atoms with E-state index in [2.05, 4.69) is 5.32 Å². The maximum Gasteiger partial charge on any atom is 0.227 e. The minimum absolute atomic E-state index is 0.0262. The Morgan fingerprint density at radius 3 is 2.36 bits per heavy atom. The summed E-state index contributed by atoms with van der Waals surface area (Å²) in [6.45, 7) is 5.43. The number of benzene rings is 1. The van der Waals surface area contributed by atoms with Crippen LogP contribution in [0.1, 0.15) is 33.1 Å². The maximum absolute atomic E-state index is 12.3. The molecule has 0 saturated carbocycles. The number of carbonyl (C=O) groups is 2. The summed E-state index contributed by atoms with van der Waals surface area (Å²) in [6, 6.07) is 7.10. The van der Waals surface area contributed by atoms with Crippen LogP contribution in [0, 0.1) is 11.8 Å². The van der Waals surface area contributed by atoms with E-state index in [0.29, 0.717) is 30.5 Å². The number of nitrogens with zero attached hydrogens (tertiary/aromatic N) is 1. The molecule has 1 N–H and O–H groups in total. The smallest absolute Gasteiger partial charge is 0.227 e. The van der Waals surface area contributed by atoms with Crippen molar-refractivity contribution in [2.24, 2.45) is 11.8 Å². The van der Waals surface area contributed by atoms with Gasteiger partial charge in [-0.05, 0) is 43.0 Å². The van der Waals surface area contributed by atoms with Gasteiger partial charge in [-0.15, -0.1) is 0 Å². The van der Waals surface area contributed by atoms with Gasteiger partial charge in [0.25, 0.3) is 0 Å². The molecule has 0 atom stereocenters. The topological polar surface area (TPSA) is 49.4 Å². The molecule has 5 heteroatoms. The summed E-state index contributed by atoms with van der Waals surface area (Å²) in [7, 11) is 0. The first kappa shape index (κ1) is 16.8. The van der Waals surface area contributed by atoms with Crippen LogP contribution in [0.2, 0.25) is 5.02 Å². The van der Waals surface area contributed by atoms with Gasteiger partial charge in [-0.2, -0.15) is 0 Å². The molecular weight excluding hydrogens is 300 g/mol. The van der Waals surface area contributed by atoms with Gasteiger partial charge in [0.1, 0.15) is 0 Å². The molecule has 1 aromatic rings. The van der Waals surface area contributed by atoms with E-state index in [1.807, 2.05) is 18.7 Å². The molecule has 1 aromatic carbocycles. The lowest BCUT2D eigenvalue weighted by atomic mass is 9.95. The summed E-state index contributed by atoms with van der Waals surface area (Å²) in [6.07, 6.45) is 2.04. The number of rotatable bonds is 4. The van der Waals surface area contributed by atoms with Gasteiger partial charge in [0.15, 0.2) is 0 Å². The molecule has 1 aliphatic rings. The largest absolute Gasteiger partial charge is 0.343 e. The summed E-state index contributed by atoms with van der Waals surface area (Å²) >= 11 is 5.83. The summed E-state index contributed by atoms with van der Waals surface area (Å²) in [4.78, 5) is 26.2. The zero-order chi connectivity index (χ0) is 16.1. The van der Waals surface area contributed by atoms with Gasteiger partial charge < -0.3 is 10.2 Å². The Balaban J connectivity index is 1.82. The van der Waals surface area contributed by atoms with Gasteiger partial charge in [-0.1, -0.05) is 25.4 Å². The normalized spacial score (nSPS) is 15.9. The zero-order valence-electron chi connectivity index (χ0n) is 13.1. The quantitative estimate of drug-likeness (QED) is 0.921. The van der Waals surface area contributed by atoms with Crippen molar-refractivity contribution >= 4 is 29.1 Å². The highest BCUT2D eigenvalue weighted by atomic mass is 35.5. The Kier molecular flexibility index (Phi) is 5.83. The highest BCUT2D eigenvalue weighted by Gasteiger charge is 2.27. The van der Waals surface area contributed by atoms with E-state index < -0.39 is 0 Å². The van der Waals surface area contributed by atoms with Gasteiger partial charge in [-0.3, -0.25) is 9.59 Å². The van der Waals surface area contributed by atoms with Crippen LogP contribution in [0.3, 0.4) is 0 Å². The molecule has 1 saturated heterocycles. The monoisotopic (exact) mass is 322 g/mol. The summed E-state index contributed by atoms with van der Waals surface area (Å²) < 4.78 is 0. The van der Waals surface area contributed by atoms with Gasteiger partial charge in [0.2, 0.25) is 11.8 Å². The lowest BCUT2D eigenvalue weighted by Gasteiger charge is -2.31. The van der Waals surface area contributed by atoms with Crippen LogP contribution in [0.25, 0.3) is 0 Å². The zero-order valence-corrected chi connectivity index (χ0v) is 13.9. The molecule has 1 heterocycles. The first-order chi connectivity index (χ1) is 10.5. The molecule has 2 rings (SSSR count). The molecule has 0 unspecified atom stereocenters. The van der Waals surface area contributed by atoms with Gasteiger partial charge in [0, 0.05) is 36.1 Å². The predicted octanol–water partition coefficient (Wildman–Crippen LogP) is 3.56. The molecule has 0 aromatic heterocycles. The third kappa shape index (κ3) is 4.73. The Hall–Kier alpha value is -1.55. The number of likely N-dealkylation sites (tertiary alicyclic amines) is 1. The van der Waals surface area contributed by atoms with E-state index in [0.717, 1.165) is 18.5 Å². The number of amides is 2. The molecular formula is C17H23ClN2O2. The van der Waals surface area contributed by atoms with Crippen LogP contribution in [0.15, 0.2) is 24.3 Å². The fourth-order valence-electron chi connectivity index (χ4n) is 2.65. The van der Waals surface area contributed by atoms with Gasteiger partial charge in [0.05, 0.1) is 0 Å². The minimum atomic E-state index is -0.0289. The number of halogens is 1. The van der Waals surface area contributed by atoms with Crippen LogP contribution in [0.4, 0.5) is 5.69 Å². The first-order valence-electron chi connectivity index (χ1n) is 7.80. The van der Waals surface area contributed by atoms with Crippen molar-refractivity contribution in [2.45, 2.75) is 33.1 Å². The second kappa shape index (κ2) is 7.63. The number of hydrogen-bond donors (Lipinski definition) is 1. The van der Waals surface area contributed by atoms with Crippen LogP contribution in [-0.2, 0) is 9.59 Å². The summed E-state index contributed by atoms with van der Waals surface area (Å²) in [5.41, 5.74) is 0.757. The van der Waals surface area contributed by atoms with Crippen molar-refractivity contribution < 1.29 is 9.59 Å². The SMILES string of the molecule is CC(C)CC(=O)N1CCC(C(=O)Nc2ccc(Cl)cc2)CC1. The fraction of sp³-hybridized carbons (Fsp3) is 0.529. The molecule has 22 heavy (non-hydrogen) atoms. The second-order valence-corrected chi connectivity index (χ2v) is 6.69. The van der Waals surface area contributed by atoms with Crippen molar-refractivity contribution in [1.82, 2.24) is 4.90 Å². The van der Waals surface area contributed by atoms with Crippen molar-refractivity contribution in [1.29, 1.82) is 0 Å². The van der Waals surface area contributed by atoms with E-state index in [9.17, 15) is 9.59 Å². The Labute approximate surface area is 136 Å². The Morgan fingerprint density at radius 1 is 1.23 bits per heavy atom. The third-order valence-corrected chi connectivity index (χ3v) is 4.17. The lowest BCUT2D eigenvalue weighted by Crippen LogP contribution is -2.41. The predicted molar refractivity (Wildman–Crippen MR) is 88.8 cm³/mol. The third-order valence-electron chi connectivity index (χ3n) is 3.91. The second-order valence-electron chi connectivity index (χ2n) is 6.25. The van der Waals surface area contributed by atoms with Gasteiger partial charge in [-0.25, -0.2) is 0 Å². The van der Waals surface area contributed by atoms with Crippen LogP contribution >= 0.6 is 11.6 Å². The molecule has 120 valence electrons. The molecule has 0 bridgehead atoms. The molecule has 2 amide bonds.